The van der Waals surface area contributed by atoms with Crippen LogP contribution in [0.1, 0.15) is 6.92 Å². The molecule has 2 aromatic carbocycles. The van der Waals surface area contributed by atoms with E-state index in [-0.39, 0.29) is 29.8 Å². The van der Waals surface area contributed by atoms with Crippen molar-refractivity contribution in [2.75, 3.05) is 29.9 Å². The highest BCUT2D eigenvalue weighted by Gasteiger charge is 2.19. The summed E-state index contributed by atoms with van der Waals surface area (Å²) in [5, 5.41) is 16.2. The minimum atomic E-state index is -0.591. The molecular formula is C23H21FN4O3. The van der Waals surface area contributed by atoms with Gasteiger partial charge in [0.25, 0.3) is 0 Å². The lowest BCUT2D eigenvalue weighted by molar-refractivity contribution is -0.120. The number of carbonyl (C=O) groups excluding carboxylic acids is 2. The Morgan fingerprint density at radius 2 is 1.90 bits per heavy atom. The Labute approximate surface area is 178 Å². The third-order valence-corrected chi connectivity index (χ3v) is 5.05. The number of benzene rings is 2. The summed E-state index contributed by atoms with van der Waals surface area (Å²) >= 11 is 0. The zero-order chi connectivity index (χ0) is 22.0. The van der Waals surface area contributed by atoms with Crippen molar-refractivity contribution in [2.24, 2.45) is 0 Å². The summed E-state index contributed by atoms with van der Waals surface area (Å²) in [5.74, 6) is -0.373. The number of halogens is 1. The molecule has 0 unspecified atom stereocenters. The maximum absolute atomic E-state index is 14.4. The number of anilines is 2. The summed E-state index contributed by atoms with van der Waals surface area (Å²) < 4.78 is 14.4. The second-order valence-corrected chi connectivity index (χ2v) is 7.25. The van der Waals surface area contributed by atoms with Gasteiger partial charge in [-0.2, -0.15) is 0 Å². The minimum absolute atomic E-state index is 0.00251. The Morgan fingerprint density at radius 1 is 1.16 bits per heavy atom. The van der Waals surface area contributed by atoms with Crippen LogP contribution in [0, 0.1) is 5.82 Å². The highest BCUT2D eigenvalue weighted by Crippen LogP contribution is 2.39. The van der Waals surface area contributed by atoms with Crippen molar-refractivity contribution in [3.8, 4) is 28.0 Å². The molecule has 0 radical (unpaired) electrons. The molecule has 1 aromatic heterocycles. The molecule has 158 valence electrons. The first-order valence-electron chi connectivity index (χ1n) is 9.80. The monoisotopic (exact) mass is 420 g/mol. The van der Waals surface area contributed by atoms with E-state index in [0.29, 0.717) is 35.6 Å². The summed E-state index contributed by atoms with van der Waals surface area (Å²) in [6, 6.07) is 13.2. The molecule has 3 aromatic rings. The molecule has 0 saturated carbocycles. The molecule has 2 amide bonds. The molecule has 0 aliphatic carbocycles. The van der Waals surface area contributed by atoms with E-state index in [4.69, 9.17) is 0 Å². The average Bonchev–Trinajstić information content (AvgIpc) is 2.75. The Hall–Kier alpha value is -3.94. The van der Waals surface area contributed by atoms with Crippen LogP contribution in [0.5, 0.6) is 5.75 Å². The molecule has 0 atom stereocenters. The van der Waals surface area contributed by atoms with Crippen LogP contribution < -0.4 is 15.5 Å². The van der Waals surface area contributed by atoms with Crippen molar-refractivity contribution < 1.29 is 19.1 Å². The van der Waals surface area contributed by atoms with E-state index < -0.39 is 5.82 Å². The molecule has 1 aliphatic rings. The van der Waals surface area contributed by atoms with Gasteiger partial charge in [0.15, 0.2) is 0 Å². The Balaban J connectivity index is 1.69. The van der Waals surface area contributed by atoms with Gasteiger partial charge in [0.1, 0.15) is 17.4 Å². The maximum atomic E-state index is 14.4. The van der Waals surface area contributed by atoms with Gasteiger partial charge in [0.05, 0.1) is 12.2 Å². The molecule has 1 aliphatic heterocycles. The van der Waals surface area contributed by atoms with Gasteiger partial charge in [0.2, 0.25) is 11.8 Å². The maximum Gasteiger partial charge on any atom is 0.239 e. The summed E-state index contributed by atoms with van der Waals surface area (Å²) in [5.41, 5.74) is 2.31. The Morgan fingerprint density at radius 3 is 2.58 bits per heavy atom. The lowest BCUT2D eigenvalue weighted by Crippen LogP contribution is -2.48. The van der Waals surface area contributed by atoms with Gasteiger partial charge in [-0.1, -0.05) is 24.3 Å². The fourth-order valence-electron chi connectivity index (χ4n) is 3.58. The van der Waals surface area contributed by atoms with E-state index in [1.165, 1.54) is 19.1 Å². The number of piperazine rings is 1. The van der Waals surface area contributed by atoms with Gasteiger partial charge in [0, 0.05) is 37.3 Å². The van der Waals surface area contributed by atoms with Crippen LogP contribution in [0.2, 0.25) is 0 Å². The molecule has 1 fully saturated rings. The summed E-state index contributed by atoms with van der Waals surface area (Å²) in [6.07, 6.45) is 1.63. The largest absolute Gasteiger partial charge is 0.507 e. The number of phenols is 1. The van der Waals surface area contributed by atoms with Crippen molar-refractivity contribution in [3.63, 3.8) is 0 Å². The average molecular weight is 420 g/mol. The number of pyridine rings is 1. The number of aromatic hydroxyl groups is 1. The highest BCUT2D eigenvalue weighted by atomic mass is 19.1. The van der Waals surface area contributed by atoms with Crippen LogP contribution in [0.15, 0.2) is 54.7 Å². The molecule has 7 nitrogen and oxygen atoms in total. The van der Waals surface area contributed by atoms with Gasteiger partial charge in [-0.05, 0) is 35.4 Å². The number of hydrogen-bond donors (Lipinski definition) is 3. The first-order chi connectivity index (χ1) is 14.9. The van der Waals surface area contributed by atoms with Gasteiger partial charge in [-0.25, -0.2) is 9.37 Å². The zero-order valence-electron chi connectivity index (χ0n) is 16.9. The van der Waals surface area contributed by atoms with Crippen molar-refractivity contribution in [1.82, 2.24) is 10.3 Å². The van der Waals surface area contributed by atoms with E-state index in [9.17, 15) is 19.1 Å². The van der Waals surface area contributed by atoms with E-state index in [2.05, 4.69) is 15.6 Å². The minimum Gasteiger partial charge on any atom is -0.507 e. The molecule has 8 heteroatoms. The molecule has 2 heterocycles. The second kappa shape index (κ2) is 8.43. The number of carbonyl (C=O) groups is 2. The molecule has 3 N–H and O–H groups in total. The first kappa shape index (κ1) is 20.3. The Kier molecular flexibility index (Phi) is 5.53. The highest BCUT2D eigenvalue weighted by molar-refractivity contribution is 5.90. The van der Waals surface area contributed by atoms with E-state index in [1.807, 2.05) is 11.0 Å². The molecular weight excluding hydrogens is 399 g/mol. The molecule has 1 saturated heterocycles. The fourth-order valence-corrected chi connectivity index (χ4v) is 3.58. The SMILES string of the molecule is CC(=O)Nc1ccc(-c2cccc(-c3ccnc(N4CCNC(=O)C4)c3)c2O)cc1F. The van der Waals surface area contributed by atoms with Crippen LogP contribution in [0.25, 0.3) is 22.3 Å². The third kappa shape index (κ3) is 4.32. The number of nitrogens with zero attached hydrogens (tertiary/aromatic N) is 2. The molecule has 4 rings (SSSR count). The predicted octanol–water partition coefficient (Wildman–Crippen LogP) is 3.15. The topological polar surface area (TPSA) is 94.6 Å². The van der Waals surface area contributed by atoms with Crippen molar-refractivity contribution >= 4 is 23.3 Å². The van der Waals surface area contributed by atoms with Gasteiger partial charge in [-0.3, -0.25) is 9.59 Å². The van der Waals surface area contributed by atoms with Crippen LogP contribution in [-0.2, 0) is 9.59 Å². The standard InChI is InChI=1S/C23H21FN4O3/c1-14(29)27-20-6-5-15(11-19(20)24)17-3-2-4-18(23(17)31)16-7-8-25-21(12-16)28-10-9-26-22(30)13-28/h2-8,11-12,31H,9-10,13H2,1H3,(H,26,30)(H,27,29). The second-order valence-electron chi connectivity index (χ2n) is 7.25. The number of aromatic nitrogens is 1. The van der Waals surface area contributed by atoms with Gasteiger partial charge < -0.3 is 20.6 Å². The van der Waals surface area contributed by atoms with Crippen LogP contribution in [0.4, 0.5) is 15.9 Å². The normalized spacial score (nSPS) is 13.6. The number of hydrogen-bond acceptors (Lipinski definition) is 5. The van der Waals surface area contributed by atoms with Crippen molar-refractivity contribution in [1.29, 1.82) is 0 Å². The molecule has 0 bridgehead atoms. The van der Waals surface area contributed by atoms with E-state index in [1.54, 1.807) is 36.5 Å². The number of nitrogens with one attached hydrogen (secondary N) is 2. The van der Waals surface area contributed by atoms with Gasteiger partial charge in [-0.15, -0.1) is 0 Å². The van der Waals surface area contributed by atoms with E-state index >= 15 is 0 Å². The summed E-state index contributed by atoms with van der Waals surface area (Å²) in [4.78, 5) is 29.1. The van der Waals surface area contributed by atoms with Crippen LogP contribution in [-0.4, -0.2) is 41.5 Å². The number of para-hydroxylation sites is 1. The fraction of sp³-hybridized carbons (Fsp3) is 0.174. The smallest absolute Gasteiger partial charge is 0.239 e. The van der Waals surface area contributed by atoms with E-state index in [0.717, 1.165) is 5.56 Å². The number of rotatable bonds is 4. The zero-order valence-corrected chi connectivity index (χ0v) is 16.9. The molecule has 31 heavy (non-hydrogen) atoms. The first-order valence-corrected chi connectivity index (χ1v) is 9.80. The lowest BCUT2D eigenvalue weighted by Gasteiger charge is -2.27. The van der Waals surface area contributed by atoms with Crippen LogP contribution in [0.3, 0.4) is 0 Å². The van der Waals surface area contributed by atoms with Crippen LogP contribution >= 0.6 is 0 Å². The number of phenolic OH excluding ortho intramolecular Hbond substituents is 1. The quantitative estimate of drug-likeness (QED) is 0.603. The summed E-state index contributed by atoms with van der Waals surface area (Å²) in [6.45, 7) is 2.73. The third-order valence-electron chi connectivity index (χ3n) is 5.05. The van der Waals surface area contributed by atoms with Crippen molar-refractivity contribution in [2.45, 2.75) is 6.92 Å². The number of amides is 2. The predicted molar refractivity (Wildman–Crippen MR) is 116 cm³/mol. The summed E-state index contributed by atoms with van der Waals surface area (Å²) in [7, 11) is 0. The molecule has 0 spiro atoms. The van der Waals surface area contributed by atoms with Gasteiger partial charge >= 0.3 is 0 Å². The Bertz CT molecular complexity index is 1170. The van der Waals surface area contributed by atoms with Crippen molar-refractivity contribution in [3.05, 3.63) is 60.5 Å². The lowest BCUT2D eigenvalue weighted by atomic mass is 9.97.